The highest BCUT2D eigenvalue weighted by molar-refractivity contribution is 6.34. The molecule has 7 aliphatic heterocycles. The number of ether oxygens (including phenoxy) is 2. The number of benzene rings is 1. The first-order chi connectivity index (χ1) is 21.8. The molecule has 0 radical (unpaired) electrons. The molecule has 0 saturated carbocycles. The van der Waals surface area contributed by atoms with E-state index in [2.05, 4.69) is 31.3 Å². The molecule has 2 aromatic rings. The van der Waals surface area contributed by atoms with Crippen molar-refractivity contribution < 1.29 is 22.9 Å². The third-order valence-corrected chi connectivity index (χ3v) is 11.0. The number of anilines is 1. The standard InChI is InChI=1S/C31H31ClF2N9O2/c32-23-21(17-3-1-8-43-26(17)18(10-35)28(36)40-43)24(34)25-22-27(23)44-13-20-19-5-4-16(37-19)12-42(20)29(22)39-30(38-25)45-14-31-6-2-7-41(31)11-15(33)9-31/h1,3,8,15-17,19-20,37H,2,4-7,9,11-14H2,(H2,36,40)/q+1/t15-,16-,17+,19+,20-,31+/m1/s1. The lowest BCUT2D eigenvalue weighted by molar-refractivity contribution is -0.477. The Labute approximate surface area is 262 Å². The maximum Gasteiger partial charge on any atom is 0.319 e. The SMILES string of the molecule is N#CC1=C2[C@H](c3c(Cl)c4c5c(nc(OC[C@@]67CCCN6C[C@H](F)C7)nc5c3F)N3C[C@H]5CC[C@H](N5)[C@H]3CO4)C=CC=[N+]2N=C1N. The van der Waals surface area contributed by atoms with Gasteiger partial charge in [0.25, 0.3) is 0 Å². The maximum absolute atomic E-state index is 17.1. The molecule has 1 aromatic heterocycles. The van der Waals surface area contributed by atoms with Gasteiger partial charge in [-0.2, -0.15) is 15.2 Å². The Bertz CT molecular complexity index is 1840. The molecule has 9 rings (SSSR count). The summed E-state index contributed by atoms with van der Waals surface area (Å²) in [6.45, 7) is 2.42. The van der Waals surface area contributed by atoms with Gasteiger partial charge in [-0.15, -0.1) is 0 Å². The number of hydrogen-bond acceptors (Lipinski definition) is 10. The number of nitrogens with one attached hydrogen (secondary N) is 1. The van der Waals surface area contributed by atoms with Crippen molar-refractivity contribution >= 4 is 40.4 Å². The van der Waals surface area contributed by atoms with Crippen LogP contribution in [0, 0.1) is 17.1 Å². The highest BCUT2D eigenvalue weighted by atomic mass is 35.5. The minimum atomic E-state index is -0.906. The van der Waals surface area contributed by atoms with Crippen molar-refractivity contribution in [1.82, 2.24) is 20.2 Å². The number of piperazine rings is 1. The van der Waals surface area contributed by atoms with Gasteiger partial charge in [0.05, 0.1) is 27.9 Å². The van der Waals surface area contributed by atoms with Crippen molar-refractivity contribution in [2.45, 2.75) is 67.9 Å². The summed E-state index contributed by atoms with van der Waals surface area (Å²) in [5.41, 5.74) is 6.32. The quantitative estimate of drug-likeness (QED) is 0.488. The molecule has 0 aliphatic carbocycles. The molecule has 14 heteroatoms. The van der Waals surface area contributed by atoms with Crippen LogP contribution in [0.5, 0.6) is 11.8 Å². The van der Waals surface area contributed by atoms with E-state index in [4.69, 9.17) is 31.8 Å². The molecule has 232 valence electrons. The summed E-state index contributed by atoms with van der Waals surface area (Å²) in [6, 6.07) is 2.53. The van der Waals surface area contributed by atoms with Crippen LogP contribution in [-0.4, -0.2) is 94.3 Å². The Kier molecular flexibility index (Phi) is 5.99. The summed E-state index contributed by atoms with van der Waals surface area (Å²) in [6.07, 6.45) is 8.44. The van der Waals surface area contributed by atoms with Gasteiger partial charge in [0.15, 0.2) is 17.1 Å². The molecular weight excluding hydrogens is 604 g/mol. The second-order valence-electron chi connectivity index (χ2n) is 13.1. The summed E-state index contributed by atoms with van der Waals surface area (Å²) in [4.78, 5) is 13.9. The zero-order valence-corrected chi connectivity index (χ0v) is 25.1. The van der Waals surface area contributed by atoms with Crippen LogP contribution in [-0.2, 0) is 0 Å². The monoisotopic (exact) mass is 634 g/mol. The summed E-state index contributed by atoms with van der Waals surface area (Å²) in [5, 5.41) is 18.3. The van der Waals surface area contributed by atoms with Crippen LogP contribution in [0.3, 0.4) is 0 Å². The summed E-state index contributed by atoms with van der Waals surface area (Å²) < 4.78 is 45.9. The molecule has 1 aromatic carbocycles. The van der Waals surface area contributed by atoms with E-state index in [1.807, 2.05) is 0 Å². The topological polar surface area (TPSA) is 128 Å². The molecular formula is C31H31ClF2N9O2+. The summed E-state index contributed by atoms with van der Waals surface area (Å²) in [7, 11) is 0. The molecule has 45 heavy (non-hydrogen) atoms. The highest BCUT2D eigenvalue weighted by Crippen LogP contribution is 2.50. The molecule has 7 aliphatic rings. The predicted octanol–water partition coefficient (Wildman–Crippen LogP) is 2.88. The first-order valence-electron chi connectivity index (χ1n) is 15.5. The fourth-order valence-electron chi connectivity index (χ4n) is 8.65. The molecule has 4 saturated heterocycles. The highest BCUT2D eigenvalue weighted by Gasteiger charge is 2.50. The number of hydrazone groups is 1. The second-order valence-corrected chi connectivity index (χ2v) is 13.5. The fraction of sp³-hybridized carbons (Fsp3) is 0.516. The van der Waals surface area contributed by atoms with Gasteiger partial charge in [-0.05, 0) is 32.2 Å². The van der Waals surface area contributed by atoms with E-state index in [0.717, 1.165) is 32.2 Å². The first kappa shape index (κ1) is 27.5. The third-order valence-electron chi connectivity index (χ3n) is 10.7. The van der Waals surface area contributed by atoms with Gasteiger partial charge in [0.1, 0.15) is 36.8 Å². The molecule has 2 bridgehead atoms. The lowest BCUT2D eigenvalue weighted by Crippen LogP contribution is -2.60. The summed E-state index contributed by atoms with van der Waals surface area (Å²) >= 11 is 7.10. The Morgan fingerprint density at radius 3 is 3.07 bits per heavy atom. The lowest BCUT2D eigenvalue weighted by atomic mass is 9.89. The Morgan fingerprint density at radius 1 is 1.31 bits per heavy atom. The van der Waals surface area contributed by atoms with Crippen LogP contribution < -0.4 is 25.4 Å². The van der Waals surface area contributed by atoms with Crippen molar-refractivity contribution in [1.29, 1.82) is 5.26 Å². The van der Waals surface area contributed by atoms with Gasteiger partial charge >= 0.3 is 6.01 Å². The zero-order chi connectivity index (χ0) is 30.6. The van der Waals surface area contributed by atoms with Crippen molar-refractivity contribution in [2.75, 3.05) is 37.7 Å². The van der Waals surface area contributed by atoms with Gasteiger partial charge in [-0.1, -0.05) is 22.4 Å². The molecule has 0 amide bonds. The van der Waals surface area contributed by atoms with Crippen LogP contribution >= 0.6 is 11.6 Å². The smallest absolute Gasteiger partial charge is 0.319 e. The molecule has 0 unspecified atom stereocenters. The number of nitrogens with two attached hydrogens (primary N) is 1. The molecule has 6 atom stereocenters. The molecule has 11 nitrogen and oxygen atoms in total. The molecule has 8 heterocycles. The van der Waals surface area contributed by atoms with E-state index < -0.39 is 23.4 Å². The predicted molar refractivity (Wildman–Crippen MR) is 162 cm³/mol. The van der Waals surface area contributed by atoms with Crippen molar-refractivity contribution in [3.8, 4) is 17.8 Å². The van der Waals surface area contributed by atoms with Gasteiger partial charge < -0.3 is 25.4 Å². The number of rotatable bonds is 4. The second kappa shape index (κ2) is 9.82. The van der Waals surface area contributed by atoms with E-state index >= 15 is 4.39 Å². The van der Waals surface area contributed by atoms with Crippen molar-refractivity contribution in [2.24, 2.45) is 10.8 Å². The number of aromatic nitrogens is 2. The Balaban J connectivity index is 1.22. The number of allylic oxidation sites excluding steroid dienone is 2. The number of hydrogen-bond donors (Lipinski definition) is 2. The van der Waals surface area contributed by atoms with Crippen LogP contribution in [0.25, 0.3) is 10.9 Å². The Hall–Kier alpha value is -3.86. The number of amidine groups is 1. The number of nitriles is 1. The molecule has 4 fully saturated rings. The van der Waals surface area contributed by atoms with E-state index in [0.29, 0.717) is 48.8 Å². The van der Waals surface area contributed by atoms with E-state index in [1.54, 1.807) is 18.4 Å². The maximum atomic E-state index is 17.1. The average molecular weight is 635 g/mol. The zero-order valence-electron chi connectivity index (χ0n) is 24.3. The van der Waals surface area contributed by atoms with Crippen molar-refractivity contribution in [3.05, 3.63) is 39.8 Å². The largest absolute Gasteiger partial charge is 0.489 e. The van der Waals surface area contributed by atoms with Gasteiger partial charge in [0, 0.05) is 48.3 Å². The minimum absolute atomic E-state index is 0.0204. The van der Waals surface area contributed by atoms with E-state index in [9.17, 15) is 9.65 Å². The number of halogens is 3. The van der Waals surface area contributed by atoms with E-state index in [1.165, 1.54) is 4.68 Å². The number of fused-ring (bicyclic) bond motifs is 7. The van der Waals surface area contributed by atoms with Gasteiger partial charge in [0.2, 0.25) is 17.7 Å². The third kappa shape index (κ3) is 3.91. The number of alkyl halides is 1. The van der Waals surface area contributed by atoms with E-state index in [-0.39, 0.29) is 58.3 Å². The fourth-order valence-corrected chi connectivity index (χ4v) is 9.00. The molecule has 0 spiro atoms. The van der Waals surface area contributed by atoms with Crippen LogP contribution in [0.15, 0.2) is 28.5 Å². The van der Waals surface area contributed by atoms with Gasteiger partial charge in [-0.25, -0.2) is 8.78 Å². The first-order valence-corrected chi connectivity index (χ1v) is 15.9. The van der Waals surface area contributed by atoms with Crippen molar-refractivity contribution in [3.63, 3.8) is 0 Å². The Morgan fingerprint density at radius 2 is 2.20 bits per heavy atom. The lowest BCUT2D eigenvalue weighted by Gasteiger charge is -2.40. The number of nitrogens with zero attached hydrogens (tertiary/aromatic N) is 7. The minimum Gasteiger partial charge on any atom is -0.489 e. The van der Waals surface area contributed by atoms with Crippen LogP contribution in [0.1, 0.15) is 43.6 Å². The average Bonchev–Trinajstić information content (AvgIpc) is 3.74. The van der Waals surface area contributed by atoms with Crippen LogP contribution in [0.4, 0.5) is 14.6 Å². The molecule has 3 N–H and O–H groups in total. The normalized spacial score (nSPS) is 32.9. The summed E-state index contributed by atoms with van der Waals surface area (Å²) in [5.74, 6) is -0.583. The van der Waals surface area contributed by atoms with Gasteiger partial charge in [-0.3, -0.25) is 4.90 Å². The van der Waals surface area contributed by atoms with Crippen LogP contribution in [0.2, 0.25) is 5.02 Å².